The molecule has 0 amide bonds. The molecule has 1 heterocycles. The normalized spacial score (nSPS) is 10.5. The van der Waals surface area contributed by atoms with Gasteiger partial charge in [0.2, 0.25) is 0 Å². The van der Waals surface area contributed by atoms with Gasteiger partial charge in [0.1, 0.15) is 11.6 Å². The molecule has 2 aromatic rings. The van der Waals surface area contributed by atoms with Crippen LogP contribution in [0.1, 0.15) is 12.5 Å². The summed E-state index contributed by atoms with van der Waals surface area (Å²) in [5, 5.41) is 5.20. The highest BCUT2D eigenvalue weighted by Crippen LogP contribution is 2.20. The van der Waals surface area contributed by atoms with Crippen LogP contribution < -0.4 is 10.6 Å². The Morgan fingerprint density at radius 2 is 1.57 bits per heavy atom. The van der Waals surface area contributed by atoms with Crippen molar-refractivity contribution in [3.05, 3.63) is 53.1 Å². The van der Waals surface area contributed by atoms with E-state index in [4.69, 9.17) is 0 Å². The quantitative estimate of drug-likeness (QED) is 0.827. The highest BCUT2D eigenvalue weighted by molar-refractivity contribution is 5.47. The van der Waals surface area contributed by atoms with Gasteiger partial charge in [0.25, 0.3) is 0 Å². The fourth-order valence-electron chi connectivity index (χ4n) is 1.73. The fraction of sp³-hybridized carbons (Fsp3) is 0.214. The van der Waals surface area contributed by atoms with Crippen molar-refractivity contribution in [2.45, 2.75) is 13.5 Å². The maximum atomic E-state index is 13.6. The molecule has 0 saturated heterocycles. The number of aromatic nitrogens is 1. The summed E-state index contributed by atoms with van der Waals surface area (Å²) < 4.78 is 53.2. The van der Waals surface area contributed by atoms with Crippen molar-refractivity contribution in [2.24, 2.45) is 0 Å². The second-order valence-corrected chi connectivity index (χ2v) is 4.27. The van der Waals surface area contributed by atoms with Crippen molar-refractivity contribution >= 4 is 11.6 Å². The van der Waals surface area contributed by atoms with E-state index in [0.29, 0.717) is 12.6 Å². The summed E-state index contributed by atoms with van der Waals surface area (Å²) in [7, 11) is 0. The third-order valence-corrected chi connectivity index (χ3v) is 2.74. The standard InChI is InChI=1S/C14H13F4N3/c1-2-19-13-11(17)6-12(18)14(21-13)20-7-8-3-4-9(15)5-10(8)16/h3-6H,2,7H2,1H3,(H2,19,20,21). The third-order valence-electron chi connectivity index (χ3n) is 2.74. The SMILES string of the molecule is CCNc1nc(NCc2ccc(F)cc2F)c(F)cc1F. The average Bonchev–Trinajstić information content (AvgIpc) is 2.42. The first-order valence-electron chi connectivity index (χ1n) is 6.29. The van der Waals surface area contributed by atoms with Gasteiger partial charge in [-0.2, -0.15) is 0 Å². The number of hydrogen-bond acceptors (Lipinski definition) is 3. The molecule has 0 aliphatic heterocycles. The van der Waals surface area contributed by atoms with Crippen LogP contribution in [-0.2, 0) is 6.54 Å². The molecule has 1 aromatic heterocycles. The summed E-state index contributed by atoms with van der Waals surface area (Å²) in [6, 6.07) is 3.76. The number of benzene rings is 1. The zero-order valence-corrected chi connectivity index (χ0v) is 11.2. The largest absolute Gasteiger partial charge is 0.368 e. The fourth-order valence-corrected chi connectivity index (χ4v) is 1.73. The Labute approximate surface area is 119 Å². The van der Waals surface area contributed by atoms with Crippen LogP contribution in [0, 0.1) is 23.3 Å². The van der Waals surface area contributed by atoms with Gasteiger partial charge in [-0.25, -0.2) is 22.5 Å². The monoisotopic (exact) mass is 299 g/mol. The lowest BCUT2D eigenvalue weighted by Crippen LogP contribution is -2.09. The number of pyridine rings is 1. The van der Waals surface area contributed by atoms with Gasteiger partial charge in [-0.15, -0.1) is 0 Å². The first kappa shape index (κ1) is 15.1. The zero-order valence-electron chi connectivity index (χ0n) is 11.2. The van der Waals surface area contributed by atoms with E-state index >= 15 is 0 Å². The van der Waals surface area contributed by atoms with E-state index in [1.54, 1.807) is 6.92 Å². The Kier molecular flexibility index (Phi) is 4.62. The molecular formula is C14H13F4N3. The number of hydrogen-bond donors (Lipinski definition) is 2. The molecule has 21 heavy (non-hydrogen) atoms. The van der Waals surface area contributed by atoms with Gasteiger partial charge >= 0.3 is 0 Å². The summed E-state index contributed by atoms with van der Waals surface area (Å²) in [6.45, 7) is 2.06. The van der Waals surface area contributed by atoms with Crippen LogP contribution in [0.5, 0.6) is 0 Å². The molecule has 0 spiro atoms. The number of rotatable bonds is 5. The Balaban J connectivity index is 2.17. The summed E-state index contributed by atoms with van der Waals surface area (Å²) in [5.41, 5.74) is 0.145. The Morgan fingerprint density at radius 1 is 0.905 bits per heavy atom. The van der Waals surface area contributed by atoms with E-state index in [1.165, 1.54) is 6.07 Å². The van der Waals surface area contributed by atoms with E-state index < -0.39 is 23.3 Å². The first-order valence-corrected chi connectivity index (χ1v) is 6.29. The predicted molar refractivity (Wildman–Crippen MR) is 72.0 cm³/mol. The van der Waals surface area contributed by atoms with E-state index in [9.17, 15) is 17.6 Å². The van der Waals surface area contributed by atoms with Gasteiger partial charge in [-0.3, -0.25) is 0 Å². The Bertz CT molecular complexity index is 646. The molecule has 0 radical (unpaired) electrons. The van der Waals surface area contributed by atoms with Crippen LogP contribution in [-0.4, -0.2) is 11.5 Å². The first-order chi connectivity index (χ1) is 10.0. The summed E-state index contributed by atoms with van der Waals surface area (Å²) in [5.74, 6) is -3.46. The van der Waals surface area contributed by atoms with E-state index in [-0.39, 0.29) is 23.7 Å². The van der Waals surface area contributed by atoms with Crippen molar-refractivity contribution in [1.29, 1.82) is 0 Å². The lowest BCUT2D eigenvalue weighted by atomic mass is 10.2. The maximum absolute atomic E-state index is 13.6. The van der Waals surface area contributed by atoms with Crippen LogP contribution in [0.15, 0.2) is 24.3 Å². The van der Waals surface area contributed by atoms with Crippen LogP contribution in [0.3, 0.4) is 0 Å². The molecule has 2 rings (SSSR count). The highest BCUT2D eigenvalue weighted by Gasteiger charge is 2.12. The van der Waals surface area contributed by atoms with Gasteiger partial charge in [-0.1, -0.05) is 6.07 Å². The average molecular weight is 299 g/mol. The summed E-state index contributed by atoms with van der Waals surface area (Å²) >= 11 is 0. The Hall–Kier alpha value is -2.31. The van der Waals surface area contributed by atoms with E-state index in [2.05, 4.69) is 15.6 Å². The van der Waals surface area contributed by atoms with Crippen molar-refractivity contribution in [1.82, 2.24) is 4.98 Å². The molecule has 3 nitrogen and oxygen atoms in total. The highest BCUT2D eigenvalue weighted by atomic mass is 19.1. The van der Waals surface area contributed by atoms with Crippen molar-refractivity contribution in [2.75, 3.05) is 17.2 Å². The van der Waals surface area contributed by atoms with Crippen LogP contribution in [0.25, 0.3) is 0 Å². The van der Waals surface area contributed by atoms with Crippen LogP contribution >= 0.6 is 0 Å². The molecule has 0 atom stereocenters. The topological polar surface area (TPSA) is 37.0 Å². The summed E-state index contributed by atoms with van der Waals surface area (Å²) in [6.07, 6.45) is 0. The minimum atomic E-state index is -0.892. The lowest BCUT2D eigenvalue weighted by molar-refractivity contribution is 0.570. The molecule has 0 aliphatic rings. The van der Waals surface area contributed by atoms with Crippen LogP contribution in [0.4, 0.5) is 29.2 Å². The Morgan fingerprint density at radius 3 is 2.19 bits per heavy atom. The van der Waals surface area contributed by atoms with Gasteiger partial charge in [0, 0.05) is 30.8 Å². The second kappa shape index (κ2) is 6.43. The predicted octanol–water partition coefficient (Wildman–Crippen LogP) is 3.68. The second-order valence-electron chi connectivity index (χ2n) is 4.27. The van der Waals surface area contributed by atoms with Gasteiger partial charge in [0.05, 0.1) is 0 Å². The van der Waals surface area contributed by atoms with Gasteiger partial charge in [0.15, 0.2) is 23.3 Å². The lowest BCUT2D eigenvalue weighted by Gasteiger charge is -2.11. The molecule has 0 fully saturated rings. The molecule has 112 valence electrons. The third kappa shape index (κ3) is 3.62. The van der Waals surface area contributed by atoms with Crippen LogP contribution in [0.2, 0.25) is 0 Å². The minimum absolute atomic E-state index is 0.0963. The number of nitrogens with zero attached hydrogens (tertiary/aromatic N) is 1. The smallest absolute Gasteiger partial charge is 0.168 e. The molecule has 0 saturated carbocycles. The van der Waals surface area contributed by atoms with Crippen molar-refractivity contribution in [3.63, 3.8) is 0 Å². The van der Waals surface area contributed by atoms with Crippen molar-refractivity contribution in [3.8, 4) is 0 Å². The number of halogens is 4. The molecule has 0 unspecified atom stereocenters. The van der Waals surface area contributed by atoms with Gasteiger partial charge in [-0.05, 0) is 13.0 Å². The molecule has 1 aromatic carbocycles. The van der Waals surface area contributed by atoms with E-state index in [1.807, 2.05) is 0 Å². The molecule has 0 aliphatic carbocycles. The molecular weight excluding hydrogens is 286 g/mol. The van der Waals surface area contributed by atoms with E-state index in [0.717, 1.165) is 12.1 Å². The van der Waals surface area contributed by atoms with Gasteiger partial charge < -0.3 is 10.6 Å². The summed E-state index contributed by atoms with van der Waals surface area (Å²) in [4.78, 5) is 3.76. The molecule has 2 N–H and O–H groups in total. The minimum Gasteiger partial charge on any atom is -0.368 e. The van der Waals surface area contributed by atoms with Crippen molar-refractivity contribution < 1.29 is 17.6 Å². The maximum Gasteiger partial charge on any atom is 0.168 e. The zero-order chi connectivity index (χ0) is 15.4. The molecule has 7 heteroatoms. The number of anilines is 2. The molecule has 0 bridgehead atoms. The number of nitrogens with one attached hydrogen (secondary N) is 2.